The van der Waals surface area contributed by atoms with Gasteiger partial charge in [-0.15, -0.1) is 0 Å². The van der Waals surface area contributed by atoms with E-state index in [2.05, 4.69) is 11.4 Å². The minimum absolute atomic E-state index is 0.0148. The predicted molar refractivity (Wildman–Crippen MR) is 94.8 cm³/mol. The Balaban J connectivity index is 1.97. The first-order valence-corrected chi connectivity index (χ1v) is 8.08. The van der Waals surface area contributed by atoms with Crippen LogP contribution in [0.25, 0.3) is 0 Å². The zero-order chi connectivity index (χ0) is 18.4. The lowest BCUT2D eigenvalue weighted by Gasteiger charge is -2.35. The lowest BCUT2D eigenvalue weighted by molar-refractivity contribution is -0.119. The Kier molecular flexibility index (Phi) is 6.07. The van der Waals surface area contributed by atoms with Gasteiger partial charge in [0.2, 0.25) is 5.91 Å². The van der Waals surface area contributed by atoms with Crippen LogP contribution in [0.3, 0.4) is 0 Å². The average Bonchev–Trinajstić information content (AvgIpc) is 2.59. The van der Waals surface area contributed by atoms with E-state index in [1.54, 1.807) is 38.4 Å². The summed E-state index contributed by atoms with van der Waals surface area (Å²) in [5, 5.41) is 22.4. The minimum atomic E-state index is -0.774. The van der Waals surface area contributed by atoms with Gasteiger partial charge in [0.25, 0.3) is 0 Å². The lowest BCUT2D eigenvalue weighted by Crippen LogP contribution is -2.46. The number of allylic oxidation sites excluding steroid dienone is 1. The maximum absolute atomic E-state index is 12.2. The Morgan fingerprint density at radius 1 is 1.56 bits per heavy atom. The summed E-state index contributed by atoms with van der Waals surface area (Å²) in [4.78, 5) is 14.0. The summed E-state index contributed by atoms with van der Waals surface area (Å²) < 4.78 is 5.11. The molecule has 1 aromatic rings. The van der Waals surface area contributed by atoms with Crippen LogP contribution in [0.4, 0.5) is 0 Å². The highest BCUT2D eigenvalue weighted by Gasteiger charge is 2.30. The summed E-state index contributed by atoms with van der Waals surface area (Å²) in [7, 11) is 1.55. The lowest BCUT2D eigenvalue weighted by atomic mass is 10.0. The number of nitrogens with one attached hydrogen (secondary N) is 1. The number of rotatable bonds is 6. The summed E-state index contributed by atoms with van der Waals surface area (Å²) in [5.41, 5.74) is 0.328. The number of ether oxygens (including phenoxy) is 1. The van der Waals surface area contributed by atoms with Gasteiger partial charge in [-0.05, 0) is 37.3 Å². The van der Waals surface area contributed by atoms with Crippen LogP contribution >= 0.6 is 11.6 Å². The number of carbonyl (C=O) groups is 1. The summed E-state index contributed by atoms with van der Waals surface area (Å²) in [6, 6.07) is 6.82. The van der Waals surface area contributed by atoms with Crippen molar-refractivity contribution in [1.82, 2.24) is 10.2 Å². The van der Waals surface area contributed by atoms with Crippen molar-refractivity contribution in [3.8, 4) is 11.8 Å². The molecule has 1 aliphatic heterocycles. The number of benzene rings is 1. The molecule has 132 valence electrons. The van der Waals surface area contributed by atoms with E-state index in [9.17, 15) is 15.2 Å². The molecule has 1 amide bonds. The summed E-state index contributed by atoms with van der Waals surface area (Å²) in [6.45, 7) is 2.54. The van der Waals surface area contributed by atoms with Gasteiger partial charge in [-0.3, -0.25) is 4.79 Å². The Labute approximate surface area is 152 Å². The number of hydrogen-bond acceptors (Lipinski definition) is 5. The number of phenolic OH excluding ortho intramolecular Hbond substituents is 1. The molecule has 0 bridgehead atoms. The minimum Gasteiger partial charge on any atom is -0.508 e. The number of nitrogens with zero attached hydrogens (tertiary/aromatic N) is 2. The Morgan fingerprint density at radius 2 is 2.32 bits per heavy atom. The molecule has 0 fully saturated rings. The quantitative estimate of drug-likeness (QED) is 0.812. The fourth-order valence-electron chi connectivity index (χ4n) is 2.49. The van der Waals surface area contributed by atoms with Crippen molar-refractivity contribution in [2.45, 2.75) is 18.9 Å². The molecule has 6 nitrogen and oxygen atoms in total. The number of aromatic hydroxyl groups is 1. The highest BCUT2D eigenvalue weighted by molar-refractivity contribution is 6.30. The van der Waals surface area contributed by atoms with Crippen molar-refractivity contribution in [2.75, 3.05) is 20.3 Å². The van der Waals surface area contributed by atoms with Crippen LogP contribution in [0.15, 0.2) is 42.2 Å². The number of hydrogen-bond donors (Lipinski definition) is 2. The van der Waals surface area contributed by atoms with Gasteiger partial charge >= 0.3 is 0 Å². The molecule has 1 atom stereocenters. The second-order valence-corrected chi connectivity index (χ2v) is 6.38. The second-order valence-electron chi connectivity index (χ2n) is 5.94. The third-order valence-corrected chi connectivity index (χ3v) is 4.15. The van der Waals surface area contributed by atoms with Crippen LogP contribution in [0.1, 0.15) is 12.5 Å². The van der Waals surface area contributed by atoms with E-state index >= 15 is 0 Å². The van der Waals surface area contributed by atoms with Gasteiger partial charge in [0, 0.05) is 36.1 Å². The smallest absolute Gasteiger partial charge is 0.228 e. The molecule has 1 unspecified atom stereocenters. The third kappa shape index (κ3) is 4.75. The molecule has 0 spiro atoms. The fraction of sp³-hybridized carbons (Fsp3) is 0.333. The Bertz CT molecular complexity index is 754. The van der Waals surface area contributed by atoms with Crippen molar-refractivity contribution in [3.63, 3.8) is 0 Å². The molecule has 7 heteroatoms. The first-order chi connectivity index (χ1) is 11.9. The van der Waals surface area contributed by atoms with Crippen LogP contribution in [0, 0.1) is 11.3 Å². The zero-order valence-electron chi connectivity index (χ0n) is 14.1. The van der Waals surface area contributed by atoms with Gasteiger partial charge in [0.15, 0.2) is 0 Å². The molecule has 1 heterocycles. The molecule has 0 aromatic heterocycles. The van der Waals surface area contributed by atoms with E-state index in [0.717, 1.165) is 0 Å². The van der Waals surface area contributed by atoms with Crippen molar-refractivity contribution in [1.29, 1.82) is 5.26 Å². The van der Waals surface area contributed by atoms with E-state index in [1.165, 1.54) is 6.07 Å². The van der Waals surface area contributed by atoms with E-state index in [1.807, 2.05) is 11.0 Å². The molecule has 0 aliphatic carbocycles. The second kappa shape index (κ2) is 8.06. The Morgan fingerprint density at radius 3 is 2.92 bits per heavy atom. The van der Waals surface area contributed by atoms with Gasteiger partial charge in [0.05, 0.1) is 19.1 Å². The van der Waals surface area contributed by atoms with Crippen LogP contribution < -0.4 is 5.32 Å². The highest BCUT2D eigenvalue weighted by Crippen LogP contribution is 2.22. The molecule has 1 aromatic carbocycles. The van der Waals surface area contributed by atoms with E-state index in [-0.39, 0.29) is 24.7 Å². The molecule has 0 saturated heterocycles. The number of carbonyl (C=O) groups excluding carboxylic acids is 1. The number of phenols is 1. The van der Waals surface area contributed by atoms with Crippen LogP contribution in [-0.4, -0.2) is 41.7 Å². The van der Waals surface area contributed by atoms with Crippen molar-refractivity contribution < 1.29 is 14.6 Å². The van der Waals surface area contributed by atoms with E-state index < -0.39 is 5.54 Å². The molecular weight excluding hydrogens is 342 g/mol. The van der Waals surface area contributed by atoms with E-state index in [4.69, 9.17) is 16.3 Å². The summed E-state index contributed by atoms with van der Waals surface area (Å²) in [5.74, 6) is -0.231. The number of nitriles is 1. The van der Waals surface area contributed by atoms with E-state index in [0.29, 0.717) is 22.8 Å². The number of amides is 1. The molecule has 2 rings (SSSR count). The highest BCUT2D eigenvalue weighted by atomic mass is 35.5. The van der Waals surface area contributed by atoms with Gasteiger partial charge in [-0.25, -0.2) is 0 Å². The Hall–Kier alpha value is -2.49. The maximum atomic E-state index is 12.2. The van der Waals surface area contributed by atoms with Crippen molar-refractivity contribution in [2.24, 2.45) is 0 Å². The van der Waals surface area contributed by atoms with Crippen LogP contribution in [0.2, 0.25) is 5.02 Å². The van der Waals surface area contributed by atoms with Gasteiger partial charge in [0.1, 0.15) is 11.3 Å². The topological polar surface area (TPSA) is 85.6 Å². The largest absolute Gasteiger partial charge is 0.508 e. The van der Waals surface area contributed by atoms with Crippen LogP contribution in [-0.2, 0) is 16.0 Å². The zero-order valence-corrected chi connectivity index (χ0v) is 14.9. The third-order valence-electron chi connectivity index (χ3n) is 3.92. The number of methoxy groups -OCH3 is 1. The molecule has 25 heavy (non-hydrogen) atoms. The number of halogens is 1. The van der Waals surface area contributed by atoms with Gasteiger partial charge in [-0.1, -0.05) is 11.6 Å². The van der Waals surface area contributed by atoms with Crippen molar-refractivity contribution >= 4 is 17.5 Å². The monoisotopic (exact) mass is 361 g/mol. The fourth-order valence-corrected chi connectivity index (χ4v) is 2.68. The normalized spacial score (nSPS) is 15.9. The average molecular weight is 362 g/mol. The van der Waals surface area contributed by atoms with Gasteiger partial charge < -0.3 is 20.1 Å². The standard InChI is InChI=1S/C18H20ClN3O3/c1-18(11-20,12-25-2)22-7-5-15(6-8-22)21-17(24)10-13-9-14(19)3-4-16(13)23/h3-7,9,23H,8,10,12H2,1-2H3,(H,21,24). The summed E-state index contributed by atoms with van der Waals surface area (Å²) >= 11 is 5.88. The van der Waals surface area contributed by atoms with Crippen LogP contribution in [0.5, 0.6) is 5.75 Å². The molecular formula is C18H20ClN3O3. The molecule has 2 N–H and O–H groups in total. The first-order valence-electron chi connectivity index (χ1n) is 7.70. The SMILES string of the molecule is COCC(C)(C#N)N1C=CC(NC(=O)Cc2cc(Cl)ccc2O)=CC1. The first kappa shape index (κ1) is 18.8. The predicted octanol–water partition coefficient (Wildman–Crippen LogP) is 2.35. The van der Waals surface area contributed by atoms with Gasteiger partial charge in [-0.2, -0.15) is 5.26 Å². The molecule has 0 radical (unpaired) electrons. The summed E-state index contributed by atoms with van der Waals surface area (Å²) in [6.07, 6.45) is 5.32. The molecule has 0 saturated carbocycles. The van der Waals surface area contributed by atoms with Crippen molar-refractivity contribution in [3.05, 3.63) is 52.8 Å². The maximum Gasteiger partial charge on any atom is 0.228 e. The molecule has 1 aliphatic rings.